The molecule has 0 saturated heterocycles. The van der Waals surface area contributed by atoms with Crippen molar-refractivity contribution in [3.63, 3.8) is 0 Å². The second-order valence-corrected chi connectivity index (χ2v) is 6.69. The van der Waals surface area contributed by atoms with E-state index >= 15 is 0 Å². The highest BCUT2D eigenvalue weighted by atomic mass is 14.8. The summed E-state index contributed by atoms with van der Waals surface area (Å²) in [5.74, 6) is 6.69. The van der Waals surface area contributed by atoms with Crippen LogP contribution in [0.25, 0.3) is 0 Å². The summed E-state index contributed by atoms with van der Waals surface area (Å²) in [6.07, 6.45) is 4.25. The van der Waals surface area contributed by atoms with Gasteiger partial charge in [0.15, 0.2) is 0 Å². The van der Waals surface area contributed by atoms with E-state index in [9.17, 15) is 0 Å². The molecule has 0 heterocycles. The first-order valence-electron chi connectivity index (χ1n) is 5.81. The molecule has 6 bridgehead atoms. The van der Waals surface area contributed by atoms with Crippen molar-refractivity contribution in [3.8, 4) is 0 Å². The SMILES string of the molecule is CC(C)(C)C1=C[C@@H]2C3C4[C@@H]3C[C@@H]2[C@@H]14. The highest BCUT2D eigenvalue weighted by Gasteiger charge is 2.75. The maximum Gasteiger partial charge on any atom is -0.0130 e. The van der Waals surface area contributed by atoms with E-state index in [1.54, 1.807) is 6.42 Å². The molecule has 4 fully saturated rings. The molecule has 0 amide bonds. The third-order valence-electron chi connectivity index (χ3n) is 5.25. The van der Waals surface area contributed by atoms with Crippen molar-refractivity contribution in [2.75, 3.05) is 0 Å². The molecular weight excluding hydrogens is 156 g/mol. The Bertz CT molecular complexity index is 317. The normalized spacial score (nSPS) is 60.1. The van der Waals surface area contributed by atoms with E-state index in [2.05, 4.69) is 26.8 Å². The molecule has 5 aliphatic carbocycles. The number of hydrogen-bond acceptors (Lipinski definition) is 0. The fourth-order valence-corrected chi connectivity index (χ4v) is 4.96. The van der Waals surface area contributed by atoms with Gasteiger partial charge in [0, 0.05) is 0 Å². The minimum atomic E-state index is 0.458. The largest absolute Gasteiger partial charge is 0.0808 e. The van der Waals surface area contributed by atoms with E-state index in [0.29, 0.717) is 5.41 Å². The zero-order valence-electron chi connectivity index (χ0n) is 8.75. The molecule has 0 aliphatic heterocycles. The van der Waals surface area contributed by atoms with Crippen molar-refractivity contribution in [3.05, 3.63) is 11.6 Å². The van der Waals surface area contributed by atoms with Crippen LogP contribution in [0.4, 0.5) is 0 Å². The first-order valence-corrected chi connectivity index (χ1v) is 5.81. The van der Waals surface area contributed by atoms with Gasteiger partial charge < -0.3 is 0 Å². The van der Waals surface area contributed by atoms with Gasteiger partial charge in [0.25, 0.3) is 0 Å². The lowest BCUT2D eigenvalue weighted by Crippen LogP contribution is -2.17. The molecule has 70 valence electrons. The Balaban J connectivity index is 1.82. The Hall–Kier alpha value is -0.260. The summed E-state index contributed by atoms with van der Waals surface area (Å²) in [7, 11) is 0. The van der Waals surface area contributed by atoms with Crippen LogP contribution in [-0.2, 0) is 0 Å². The maximum atomic E-state index is 2.67. The minimum Gasteiger partial charge on any atom is -0.0808 e. The molecule has 0 heteroatoms. The van der Waals surface area contributed by atoms with E-state index in [0.717, 1.165) is 23.7 Å². The summed E-state index contributed by atoms with van der Waals surface area (Å²) in [5, 5.41) is 0. The third kappa shape index (κ3) is 0.582. The van der Waals surface area contributed by atoms with Crippen LogP contribution in [0.1, 0.15) is 27.2 Å². The van der Waals surface area contributed by atoms with E-state index < -0.39 is 0 Å². The smallest absolute Gasteiger partial charge is 0.0130 e. The molecule has 0 N–H and O–H groups in total. The van der Waals surface area contributed by atoms with Crippen molar-refractivity contribution in [2.24, 2.45) is 40.9 Å². The lowest BCUT2D eigenvalue weighted by molar-refractivity contribution is 0.384. The molecule has 0 radical (unpaired) electrons. The van der Waals surface area contributed by atoms with Gasteiger partial charge in [-0.25, -0.2) is 0 Å². The molecule has 0 spiro atoms. The Labute approximate surface area is 80.4 Å². The van der Waals surface area contributed by atoms with Crippen LogP contribution in [0.15, 0.2) is 11.6 Å². The second kappa shape index (κ2) is 1.64. The summed E-state index contributed by atoms with van der Waals surface area (Å²) < 4.78 is 0. The second-order valence-electron chi connectivity index (χ2n) is 6.69. The average molecular weight is 174 g/mol. The van der Waals surface area contributed by atoms with Gasteiger partial charge in [0.2, 0.25) is 0 Å². The zero-order valence-corrected chi connectivity index (χ0v) is 8.75. The predicted molar refractivity (Wildman–Crippen MR) is 53.1 cm³/mol. The first kappa shape index (κ1) is 7.09. The fourth-order valence-electron chi connectivity index (χ4n) is 4.96. The monoisotopic (exact) mass is 174 g/mol. The summed E-state index contributed by atoms with van der Waals surface area (Å²) in [6, 6.07) is 0. The highest BCUT2D eigenvalue weighted by molar-refractivity contribution is 5.40. The van der Waals surface area contributed by atoms with E-state index in [1.165, 1.54) is 11.8 Å². The molecule has 6 atom stereocenters. The Morgan fingerprint density at radius 1 is 1.15 bits per heavy atom. The van der Waals surface area contributed by atoms with Gasteiger partial charge in [-0.15, -0.1) is 0 Å². The summed E-state index contributed by atoms with van der Waals surface area (Å²) in [4.78, 5) is 0. The van der Waals surface area contributed by atoms with Crippen LogP contribution in [0.5, 0.6) is 0 Å². The highest BCUT2D eigenvalue weighted by Crippen LogP contribution is 2.81. The molecular formula is C13H18. The molecule has 0 aromatic rings. The number of hydrogen-bond donors (Lipinski definition) is 0. The van der Waals surface area contributed by atoms with E-state index in [1.807, 2.05) is 5.57 Å². The fraction of sp³-hybridized carbons (Fsp3) is 0.846. The topological polar surface area (TPSA) is 0 Å². The average Bonchev–Trinajstić information content (AvgIpc) is 2.45. The Morgan fingerprint density at radius 3 is 2.38 bits per heavy atom. The van der Waals surface area contributed by atoms with Crippen molar-refractivity contribution >= 4 is 0 Å². The Kier molecular flexibility index (Phi) is 0.894. The number of allylic oxidation sites excluding steroid dienone is 2. The van der Waals surface area contributed by atoms with E-state index in [4.69, 9.17) is 0 Å². The van der Waals surface area contributed by atoms with Gasteiger partial charge in [-0.3, -0.25) is 0 Å². The van der Waals surface area contributed by atoms with Gasteiger partial charge in [-0.1, -0.05) is 32.4 Å². The maximum absolute atomic E-state index is 2.67. The lowest BCUT2D eigenvalue weighted by Gasteiger charge is -2.27. The quantitative estimate of drug-likeness (QED) is 0.495. The van der Waals surface area contributed by atoms with Crippen LogP contribution in [0, 0.1) is 40.9 Å². The van der Waals surface area contributed by atoms with Crippen LogP contribution in [-0.4, -0.2) is 0 Å². The molecule has 5 aliphatic rings. The van der Waals surface area contributed by atoms with Crippen molar-refractivity contribution in [2.45, 2.75) is 27.2 Å². The van der Waals surface area contributed by atoms with Gasteiger partial charge in [-0.2, -0.15) is 0 Å². The standard InChI is InChI=1S/C13H18/c1-13(2,3)9-5-7-6-4-8-10(7)12(8)11(6)9/h5-8,10-12H,4H2,1-3H3/t6-,7-,8+,10?,11-,12?/m0/s1. The van der Waals surface area contributed by atoms with Gasteiger partial charge >= 0.3 is 0 Å². The molecule has 4 saturated carbocycles. The molecule has 0 aromatic carbocycles. The van der Waals surface area contributed by atoms with E-state index in [-0.39, 0.29) is 0 Å². The van der Waals surface area contributed by atoms with Gasteiger partial charge in [-0.05, 0) is 47.3 Å². The predicted octanol–water partition coefficient (Wildman–Crippen LogP) is 3.10. The molecule has 13 heavy (non-hydrogen) atoms. The van der Waals surface area contributed by atoms with Crippen LogP contribution >= 0.6 is 0 Å². The lowest BCUT2D eigenvalue weighted by atomic mass is 9.78. The van der Waals surface area contributed by atoms with Crippen LogP contribution in [0.3, 0.4) is 0 Å². The van der Waals surface area contributed by atoms with Crippen LogP contribution < -0.4 is 0 Å². The molecule has 5 rings (SSSR count). The molecule has 0 aromatic heterocycles. The minimum absolute atomic E-state index is 0.458. The van der Waals surface area contributed by atoms with Crippen molar-refractivity contribution in [1.29, 1.82) is 0 Å². The summed E-state index contributed by atoms with van der Waals surface area (Å²) >= 11 is 0. The van der Waals surface area contributed by atoms with Crippen molar-refractivity contribution < 1.29 is 0 Å². The van der Waals surface area contributed by atoms with Gasteiger partial charge in [0.1, 0.15) is 0 Å². The van der Waals surface area contributed by atoms with Crippen molar-refractivity contribution in [1.82, 2.24) is 0 Å². The third-order valence-corrected chi connectivity index (χ3v) is 5.25. The molecule has 2 unspecified atom stereocenters. The molecule has 0 nitrogen and oxygen atoms in total. The summed E-state index contributed by atoms with van der Waals surface area (Å²) in [6.45, 7) is 7.19. The number of rotatable bonds is 0. The Morgan fingerprint density at radius 2 is 1.92 bits per heavy atom. The van der Waals surface area contributed by atoms with Gasteiger partial charge in [0.05, 0.1) is 0 Å². The zero-order chi connectivity index (χ0) is 8.96. The first-order chi connectivity index (χ1) is 6.09. The summed E-state index contributed by atoms with van der Waals surface area (Å²) in [5.41, 5.74) is 2.28. The van der Waals surface area contributed by atoms with Crippen LogP contribution in [0.2, 0.25) is 0 Å².